The molecule has 0 aliphatic carbocycles. The number of aromatic nitrogens is 1. The number of nitrogens with zero attached hydrogens (tertiary/aromatic N) is 1. The van der Waals surface area contributed by atoms with E-state index in [1.807, 2.05) is 43.3 Å². The summed E-state index contributed by atoms with van der Waals surface area (Å²) in [5, 5.41) is 3.66. The van der Waals surface area contributed by atoms with E-state index in [1.165, 1.54) is 13.2 Å². The van der Waals surface area contributed by atoms with Crippen LogP contribution in [0.1, 0.15) is 21.6 Å². The van der Waals surface area contributed by atoms with Gasteiger partial charge in [0.05, 0.1) is 19.8 Å². The topological polar surface area (TPSA) is 69.6 Å². The second-order valence-corrected chi connectivity index (χ2v) is 6.55. The van der Waals surface area contributed by atoms with E-state index in [2.05, 4.69) is 26.8 Å². The van der Waals surface area contributed by atoms with Gasteiger partial charge in [-0.3, -0.25) is 4.79 Å². The van der Waals surface area contributed by atoms with E-state index in [0.717, 1.165) is 22.2 Å². The van der Waals surface area contributed by atoms with Crippen LogP contribution in [0.3, 0.4) is 0 Å². The maximum Gasteiger partial charge on any atom is 0.330 e. The summed E-state index contributed by atoms with van der Waals surface area (Å²) in [7, 11) is 2.91. The van der Waals surface area contributed by atoms with Gasteiger partial charge in [0.15, 0.2) is 0 Å². The number of carbonyl (C=O) groups is 2. The number of esters is 1. The molecule has 1 heterocycles. The standard InChI is InChI=1S/C23H24N2O4/c1-16-22(23(27)24-13-7-10-21(26)29-3)19-14-18(28-2)11-12-20(19)25(16)15-17-8-5-4-6-9-17/h4-12,14H,13,15H2,1-3H3,(H,24,27)/b10-7+. The Bertz CT molecular complexity index is 1050. The second kappa shape index (κ2) is 9.10. The predicted octanol–water partition coefficient (Wildman–Crippen LogP) is 3.47. The number of fused-ring (bicyclic) bond motifs is 1. The Morgan fingerprint density at radius 1 is 1.10 bits per heavy atom. The maximum absolute atomic E-state index is 12.9. The summed E-state index contributed by atoms with van der Waals surface area (Å²) in [6.45, 7) is 2.82. The van der Waals surface area contributed by atoms with Gasteiger partial charge in [0.1, 0.15) is 5.75 Å². The molecular formula is C23H24N2O4. The molecule has 0 saturated heterocycles. The van der Waals surface area contributed by atoms with Crippen molar-refractivity contribution < 1.29 is 19.1 Å². The molecule has 0 aliphatic rings. The van der Waals surface area contributed by atoms with Gasteiger partial charge in [-0.05, 0) is 30.7 Å². The van der Waals surface area contributed by atoms with Gasteiger partial charge < -0.3 is 19.4 Å². The zero-order chi connectivity index (χ0) is 20.8. The molecule has 1 N–H and O–H groups in total. The van der Waals surface area contributed by atoms with Crippen molar-refractivity contribution in [2.75, 3.05) is 20.8 Å². The van der Waals surface area contributed by atoms with Gasteiger partial charge in [0, 0.05) is 35.8 Å². The normalized spacial score (nSPS) is 11.0. The highest BCUT2D eigenvalue weighted by atomic mass is 16.5. The van der Waals surface area contributed by atoms with Crippen molar-refractivity contribution in [1.29, 1.82) is 0 Å². The van der Waals surface area contributed by atoms with Crippen molar-refractivity contribution in [3.63, 3.8) is 0 Å². The lowest BCUT2D eigenvalue weighted by Crippen LogP contribution is -2.24. The van der Waals surface area contributed by atoms with Crippen LogP contribution in [0, 0.1) is 6.92 Å². The van der Waals surface area contributed by atoms with Crippen LogP contribution in [0.25, 0.3) is 10.9 Å². The van der Waals surface area contributed by atoms with Crippen LogP contribution in [0.5, 0.6) is 5.75 Å². The van der Waals surface area contributed by atoms with Gasteiger partial charge in [0.25, 0.3) is 5.91 Å². The minimum atomic E-state index is -0.459. The van der Waals surface area contributed by atoms with Gasteiger partial charge in [-0.1, -0.05) is 36.4 Å². The van der Waals surface area contributed by atoms with E-state index in [9.17, 15) is 9.59 Å². The summed E-state index contributed by atoms with van der Waals surface area (Å²) in [6.07, 6.45) is 2.84. The van der Waals surface area contributed by atoms with Gasteiger partial charge in [-0.2, -0.15) is 0 Å². The van der Waals surface area contributed by atoms with Crippen LogP contribution in [0.4, 0.5) is 0 Å². The first-order chi connectivity index (χ1) is 14.0. The molecule has 0 saturated carbocycles. The van der Waals surface area contributed by atoms with E-state index >= 15 is 0 Å². The molecule has 0 aliphatic heterocycles. The monoisotopic (exact) mass is 392 g/mol. The number of rotatable bonds is 7. The van der Waals surface area contributed by atoms with Gasteiger partial charge in [-0.25, -0.2) is 4.79 Å². The zero-order valence-corrected chi connectivity index (χ0v) is 16.8. The third kappa shape index (κ3) is 4.48. The SMILES string of the molecule is COC(=O)/C=C/CNC(=O)c1c(C)n(Cc2ccccc2)c2ccc(OC)cc12. The Kier molecular flexibility index (Phi) is 6.34. The first-order valence-corrected chi connectivity index (χ1v) is 9.28. The fourth-order valence-electron chi connectivity index (χ4n) is 3.31. The summed E-state index contributed by atoms with van der Waals surface area (Å²) in [5.41, 5.74) is 3.58. The van der Waals surface area contributed by atoms with E-state index in [0.29, 0.717) is 17.9 Å². The van der Waals surface area contributed by atoms with Crippen molar-refractivity contribution in [3.05, 3.63) is 77.5 Å². The summed E-state index contributed by atoms with van der Waals surface area (Å²) in [4.78, 5) is 24.1. The lowest BCUT2D eigenvalue weighted by molar-refractivity contribution is -0.134. The lowest BCUT2D eigenvalue weighted by atomic mass is 10.1. The molecule has 6 heteroatoms. The number of amides is 1. The molecule has 0 fully saturated rings. The third-order valence-corrected chi connectivity index (χ3v) is 4.78. The highest BCUT2D eigenvalue weighted by Crippen LogP contribution is 2.30. The minimum absolute atomic E-state index is 0.206. The van der Waals surface area contributed by atoms with E-state index in [4.69, 9.17) is 4.74 Å². The van der Waals surface area contributed by atoms with Crippen molar-refractivity contribution in [2.24, 2.45) is 0 Å². The van der Waals surface area contributed by atoms with Crippen LogP contribution in [0.2, 0.25) is 0 Å². The molecule has 3 aromatic rings. The molecular weight excluding hydrogens is 368 g/mol. The molecule has 0 bridgehead atoms. The largest absolute Gasteiger partial charge is 0.497 e. The molecule has 150 valence electrons. The smallest absolute Gasteiger partial charge is 0.330 e. The van der Waals surface area contributed by atoms with Crippen molar-refractivity contribution in [2.45, 2.75) is 13.5 Å². The van der Waals surface area contributed by atoms with Crippen LogP contribution in [-0.4, -0.2) is 37.2 Å². The Morgan fingerprint density at radius 2 is 1.86 bits per heavy atom. The number of hydrogen-bond donors (Lipinski definition) is 1. The van der Waals surface area contributed by atoms with Crippen molar-refractivity contribution >= 4 is 22.8 Å². The third-order valence-electron chi connectivity index (χ3n) is 4.78. The molecule has 0 spiro atoms. The number of hydrogen-bond acceptors (Lipinski definition) is 4. The van der Waals surface area contributed by atoms with Crippen LogP contribution < -0.4 is 10.1 Å². The maximum atomic E-state index is 12.9. The number of benzene rings is 2. The van der Waals surface area contributed by atoms with Crippen molar-refractivity contribution in [1.82, 2.24) is 9.88 Å². The summed E-state index contributed by atoms with van der Waals surface area (Å²) >= 11 is 0. The Balaban J connectivity index is 1.96. The molecule has 0 unspecified atom stereocenters. The predicted molar refractivity (Wildman–Crippen MR) is 112 cm³/mol. The first-order valence-electron chi connectivity index (χ1n) is 9.28. The number of ether oxygens (including phenoxy) is 2. The van der Waals surface area contributed by atoms with E-state index in [-0.39, 0.29) is 12.5 Å². The Labute approximate surface area is 169 Å². The Hall–Kier alpha value is -3.54. The molecule has 1 amide bonds. The van der Waals surface area contributed by atoms with Crippen LogP contribution in [-0.2, 0) is 16.1 Å². The number of methoxy groups -OCH3 is 2. The molecule has 2 aromatic carbocycles. The average molecular weight is 392 g/mol. The average Bonchev–Trinajstić information content (AvgIpc) is 3.02. The van der Waals surface area contributed by atoms with Gasteiger partial charge in [-0.15, -0.1) is 0 Å². The summed E-state index contributed by atoms with van der Waals surface area (Å²) in [6, 6.07) is 15.8. The summed E-state index contributed by atoms with van der Waals surface area (Å²) in [5.74, 6) is 0.0238. The van der Waals surface area contributed by atoms with Crippen LogP contribution >= 0.6 is 0 Å². The highest BCUT2D eigenvalue weighted by molar-refractivity contribution is 6.08. The van der Waals surface area contributed by atoms with Gasteiger partial charge >= 0.3 is 5.97 Å². The lowest BCUT2D eigenvalue weighted by Gasteiger charge is -2.09. The fourth-order valence-corrected chi connectivity index (χ4v) is 3.31. The fraction of sp³-hybridized carbons (Fsp3) is 0.217. The second-order valence-electron chi connectivity index (χ2n) is 6.55. The number of nitrogens with one attached hydrogen (secondary N) is 1. The van der Waals surface area contributed by atoms with Crippen LogP contribution in [0.15, 0.2) is 60.7 Å². The van der Waals surface area contributed by atoms with Crippen molar-refractivity contribution in [3.8, 4) is 5.75 Å². The van der Waals surface area contributed by atoms with Gasteiger partial charge in [0.2, 0.25) is 0 Å². The van der Waals surface area contributed by atoms with E-state index in [1.54, 1.807) is 13.2 Å². The zero-order valence-electron chi connectivity index (χ0n) is 16.8. The molecule has 0 radical (unpaired) electrons. The number of carbonyl (C=O) groups excluding carboxylic acids is 2. The summed E-state index contributed by atoms with van der Waals surface area (Å²) < 4.78 is 12.0. The first kappa shape index (κ1) is 20.2. The Morgan fingerprint density at radius 3 is 2.55 bits per heavy atom. The molecule has 6 nitrogen and oxygen atoms in total. The van der Waals surface area contributed by atoms with E-state index < -0.39 is 5.97 Å². The minimum Gasteiger partial charge on any atom is -0.497 e. The molecule has 1 aromatic heterocycles. The molecule has 3 rings (SSSR count). The molecule has 0 atom stereocenters. The highest BCUT2D eigenvalue weighted by Gasteiger charge is 2.20. The molecule has 29 heavy (non-hydrogen) atoms. The quantitative estimate of drug-likeness (QED) is 0.494.